The fourth-order valence-electron chi connectivity index (χ4n) is 3.28. The molecule has 3 N–H and O–H groups in total. The van der Waals surface area contributed by atoms with Crippen molar-refractivity contribution in [3.63, 3.8) is 0 Å². The highest BCUT2D eigenvalue weighted by atomic mass is 127. The lowest BCUT2D eigenvalue weighted by atomic mass is 10.0. The average molecular weight is 496 g/mol. The molecule has 1 aromatic carbocycles. The molecule has 0 saturated carbocycles. The minimum absolute atomic E-state index is 0. The van der Waals surface area contributed by atoms with Crippen LogP contribution in [-0.4, -0.2) is 36.9 Å². The van der Waals surface area contributed by atoms with Gasteiger partial charge in [0.15, 0.2) is 5.96 Å². The molecule has 2 unspecified atom stereocenters. The topological polar surface area (TPSA) is 91.0 Å². The van der Waals surface area contributed by atoms with Gasteiger partial charge in [-0.25, -0.2) is 9.98 Å². The second kappa shape index (κ2) is 9.92. The monoisotopic (exact) mass is 496 g/mol. The molecular weight excluding hydrogens is 471 g/mol. The number of nitrogens with one attached hydrogen (secondary N) is 1. The van der Waals surface area contributed by atoms with Gasteiger partial charge in [0.25, 0.3) is 0 Å². The number of pyridine rings is 1. The Morgan fingerprint density at radius 3 is 3.00 bits per heavy atom. The number of benzene rings is 1. The Bertz CT molecular complexity index is 812. The van der Waals surface area contributed by atoms with E-state index in [1.807, 2.05) is 30.3 Å². The largest absolute Gasteiger partial charge is 0.493 e. The average Bonchev–Trinajstić information content (AvgIpc) is 3.20. The van der Waals surface area contributed by atoms with E-state index in [4.69, 9.17) is 19.9 Å². The minimum atomic E-state index is 0. The summed E-state index contributed by atoms with van der Waals surface area (Å²) in [5.41, 5.74) is 8.22. The molecular formula is C20H25IN4O3. The van der Waals surface area contributed by atoms with Gasteiger partial charge >= 0.3 is 0 Å². The van der Waals surface area contributed by atoms with Crippen molar-refractivity contribution in [3.05, 3.63) is 53.7 Å². The molecule has 2 aromatic rings. The second-order valence-corrected chi connectivity index (χ2v) is 6.68. The lowest BCUT2D eigenvalue weighted by molar-refractivity contribution is 0.138. The molecule has 150 valence electrons. The summed E-state index contributed by atoms with van der Waals surface area (Å²) in [5.74, 6) is 1.92. The zero-order valence-corrected chi connectivity index (χ0v) is 17.9. The summed E-state index contributed by atoms with van der Waals surface area (Å²) in [4.78, 5) is 8.73. The maximum absolute atomic E-state index is 6.11. The lowest BCUT2D eigenvalue weighted by Crippen LogP contribution is -2.37. The molecule has 0 bridgehead atoms. The van der Waals surface area contributed by atoms with Crippen LogP contribution in [0.2, 0.25) is 0 Å². The molecule has 2 atom stereocenters. The van der Waals surface area contributed by atoms with Crippen molar-refractivity contribution in [2.45, 2.75) is 31.5 Å². The molecule has 1 fully saturated rings. The number of guanidine groups is 1. The highest BCUT2D eigenvalue weighted by molar-refractivity contribution is 14.0. The van der Waals surface area contributed by atoms with E-state index in [0.717, 1.165) is 36.3 Å². The van der Waals surface area contributed by atoms with Crippen LogP contribution < -0.4 is 20.5 Å². The smallest absolute Gasteiger partial charge is 0.213 e. The van der Waals surface area contributed by atoms with Gasteiger partial charge in [-0.2, -0.15) is 0 Å². The fourth-order valence-corrected chi connectivity index (χ4v) is 3.28. The summed E-state index contributed by atoms with van der Waals surface area (Å²) in [5, 5.41) is 3.30. The van der Waals surface area contributed by atoms with Gasteiger partial charge in [-0.1, -0.05) is 18.2 Å². The van der Waals surface area contributed by atoms with Crippen molar-refractivity contribution in [2.75, 3.05) is 19.8 Å². The van der Waals surface area contributed by atoms with Crippen LogP contribution in [0.5, 0.6) is 11.6 Å². The highest BCUT2D eigenvalue weighted by Gasteiger charge is 2.21. The molecule has 4 rings (SSSR count). The summed E-state index contributed by atoms with van der Waals surface area (Å²) in [7, 11) is 0. The first-order valence-electron chi connectivity index (χ1n) is 9.25. The third-order valence-electron chi connectivity index (χ3n) is 4.69. The molecule has 0 radical (unpaired) electrons. The van der Waals surface area contributed by atoms with Gasteiger partial charge in [0, 0.05) is 30.7 Å². The van der Waals surface area contributed by atoms with E-state index in [9.17, 15) is 0 Å². The number of fused-ring (bicyclic) bond motifs is 1. The number of hydrogen-bond donors (Lipinski definition) is 2. The first kappa shape index (κ1) is 20.7. The lowest BCUT2D eigenvalue weighted by Gasteiger charge is -2.26. The third kappa shape index (κ3) is 5.26. The Morgan fingerprint density at radius 2 is 2.14 bits per heavy atom. The van der Waals surface area contributed by atoms with Crippen LogP contribution in [0.1, 0.15) is 30.0 Å². The number of hydrogen-bond acceptors (Lipinski definition) is 5. The van der Waals surface area contributed by atoms with E-state index in [-0.39, 0.29) is 36.1 Å². The Balaban J connectivity index is 0.00000225. The van der Waals surface area contributed by atoms with Gasteiger partial charge in [0.1, 0.15) is 11.9 Å². The Kier molecular flexibility index (Phi) is 7.32. The number of para-hydroxylation sites is 1. The van der Waals surface area contributed by atoms with Crippen LogP contribution in [0.25, 0.3) is 0 Å². The Morgan fingerprint density at radius 1 is 1.25 bits per heavy atom. The van der Waals surface area contributed by atoms with Crippen LogP contribution in [0.3, 0.4) is 0 Å². The van der Waals surface area contributed by atoms with Crippen molar-refractivity contribution >= 4 is 29.9 Å². The van der Waals surface area contributed by atoms with Crippen LogP contribution >= 0.6 is 24.0 Å². The Labute approximate surface area is 181 Å². The van der Waals surface area contributed by atoms with Gasteiger partial charge in [-0.15, -0.1) is 24.0 Å². The van der Waals surface area contributed by atoms with Crippen LogP contribution in [0.4, 0.5) is 0 Å². The van der Waals surface area contributed by atoms with E-state index >= 15 is 0 Å². The standard InChI is InChI=1S/C20H24N4O3.HI/c21-20(24-17-7-10-26-18-4-2-1-3-16(17)18)23-12-14-5-8-22-19(11-14)27-15-6-9-25-13-15;/h1-5,8,11,15,17H,6-7,9-10,12-13H2,(H3,21,23,24);1H. The molecule has 2 aliphatic rings. The van der Waals surface area contributed by atoms with Crippen molar-refractivity contribution < 1.29 is 14.2 Å². The van der Waals surface area contributed by atoms with Gasteiger partial charge in [-0.3, -0.25) is 0 Å². The third-order valence-corrected chi connectivity index (χ3v) is 4.69. The highest BCUT2D eigenvalue weighted by Crippen LogP contribution is 2.31. The summed E-state index contributed by atoms with van der Waals surface area (Å²) in [6, 6.07) is 11.9. The van der Waals surface area contributed by atoms with Crippen LogP contribution in [-0.2, 0) is 11.3 Å². The number of nitrogens with zero attached hydrogens (tertiary/aromatic N) is 2. The summed E-state index contributed by atoms with van der Waals surface area (Å²) >= 11 is 0. The fraction of sp³-hybridized carbons (Fsp3) is 0.400. The second-order valence-electron chi connectivity index (χ2n) is 6.68. The van der Waals surface area contributed by atoms with Gasteiger partial charge in [0.05, 0.1) is 32.4 Å². The molecule has 0 spiro atoms. The molecule has 1 aromatic heterocycles. The van der Waals surface area contributed by atoms with Gasteiger partial charge in [-0.05, 0) is 17.7 Å². The van der Waals surface area contributed by atoms with E-state index in [2.05, 4.69) is 21.4 Å². The van der Waals surface area contributed by atoms with Crippen LogP contribution in [0.15, 0.2) is 47.6 Å². The zero-order chi connectivity index (χ0) is 18.5. The number of halogens is 1. The normalized spacial score (nSPS) is 21.2. The number of rotatable bonds is 5. The molecule has 2 aliphatic heterocycles. The predicted octanol–water partition coefficient (Wildman–Crippen LogP) is 2.80. The maximum atomic E-state index is 6.11. The van der Waals surface area contributed by atoms with Crippen molar-refractivity contribution in [1.29, 1.82) is 0 Å². The number of ether oxygens (including phenoxy) is 3. The summed E-state index contributed by atoms with van der Waals surface area (Å²) in [6.07, 6.45) is 3.56. The SMILES string of the molecule is I.NC(=NCc1ccnc(OC2CCOC2)c1)NC1CCOc2ccccc21. The van der Waals surface area contributed by atoms with E-state index in [1.54, 1.807) is 6.20 Å². The van der Waals surface area contributed by atoms with Gasteiger partial charge < -0.3 is 25.3 Å². The van der Waals surface area contributed by atoms with Gasteiger partial charge in [0.2, 0.25) is 5.88 Å². The molecule has 3 heterocycles. The zero-order valence-electron chi connectivity index (χ0n) is 15.5. The first-order valence-corrected chi connectivity index (χ1v) is 9.25. The Hall–Kier alpha value is -2.07. The van der Waals surface area contributed by atoms with Crippen molar-refractivity contribution in [3.8, 4) is 11.6 Å². The molecule has 7 nitrogen and oxygen atoms in total. The number of aliphatic imine (C=N–C) groups is 1. The van der Waals surface area contributed by atoms with E-state index in [0.29, 0.717) is 31.6 Å². The molecule has 0 amide bonds. The summed E-state index contributed by atoms with van der Waals surface area (Å²) in [6.45, 7) is 2.49. The van der Waals surface area contributed by atoms with Crippen molar-refractivity contribution in [2.24, 2.45) is 10.7 Å². The van der Waals surface area contributed by atoms with Crippen molar-refractivity contribution in [1.82, 2.24) is 10.3 Å². The first-order chi connectivity index (χ1) is 13.3. The predicted molar refractivity (Wildman–Crippen MR) is 117 cm³/mol. The van der Waals surface area contributed by atoms with E-state index in [1.165, 1.54) is 0 Å². The molecule has 28 heavy (non-hydrogen) atoms. The van der Waals surface area contributed by atoms with E-state index < -0.39 is 0 Å². The minimum Gasteiger partial charge on any atom is -0.493 e. The number of nitrogens with two attached hydrogens (primary N) is 1. The molecule has 8 heteroatoms. The summed E-state index contributed by atoms with van der Waals surface area (Å²) < 4.78 is 16.8. The maximum Gasteiger partial charge on any atom is 0.213 e. The molecule has 1 saturated heterocycles. The van der Waals surface area contributed by atoms with Crippen LogP contribution in [0, 0.1) is 0 Å². The quantitative estimate of drug-likeness (QED) is 0.376. The number of aromatic nitrogens is 1. The molecule has 0 aliphatic carbocycles.